The van der Waals surface area contributed by atoms with E-state index in [-0.39, 0.29) is 5.91 Å². The van der Waals surface area contributed by atoms with Crippen LogP contribution in [-0.4, -0.2) is 19.0 Å². The summed E-state index contributed by atoms with van der Waals surface area (Å²) in [5, 5.41) is 6.11. The minimum absolute atomic E-state index is 0.102. The van der Waals surface area contributed by atoms with Crippen molar-refractivity contribution in [3.05, 3.63) is 59.7 Å². The Morgan fingerprint density at radius 1 is 1.19 bits per heavy atom. The number of amides is 1. The van der Waals surface area contributed by atoms with Crippen molar-refractivity contribution in [2.24, 2.45) is 0 Å². The monoisotopic (exact) mass is 281 g/mol. The van der Waals surface area contributed by atoms with Crippen molar-refractivity contribution in [2.45, 2.75) is 18.4 Å². The summed E-state index contributed by atoms with van der Waals surface area (Å²) in [6, 6.07) is 16.1. The van der Waals surface area contributed by atoms with Crippen LogP contribution < -0.4 is 16.4 Å². The van der Waals surface area contributed by atoms with Gasteiger partial charge in [-0.15, -0.1) is 0 Å². The zero-order valence-corrected chi connectivity index (χ0v) is 12.0. The molecule has 2 aromatic rings. The van der Waals surface area contributed by atoms with E-state index in [1.807, 2.05) is 12.1 Å². The number of nitrogens with one attached hydrogen (secondary N) is 2. The minimum atomic E-state index is -0.102. The van der Waals surface area contributed by atoms with Gasteiger partial charge in [0, 0.05) is 30.4 Å². The average Bonchev–Trinajstić information content (AvgIpc) is 3.27. The van der Waals surface area contributed by atoms with Crippen LogP contribution in [0.15, 0.2) is 48.5 Å². The first-order valence-corrected chi connectivity index (χ1v) is 7.12. The molecule has 1 saturated carbocycles. The first-order valence-electron chi connectivity index (χ1n) is 7.12. The summed E-state index contributed by atoms with van der Waals surface area (Å²) < 4.78 is 0. The molecular weight excluding hydrogens is 262 g/mol. The summed E-state index contributed by atoms with van der Waals surface area (Å²) in [5.74, 6) is 0.402. The highest BCUT2D eigenvalue weighted by atomic mass is 16.1. The number of carbonyl (C=O) groups is 1. The average molecular weight is 281 g/mol. The molecule has 1 fully saturated rings. The molecule has 2 atom stereocenters. The van der Waals surface area contributed by atoms with Gasteiger partial charge in [-0.2, -0.15) is 0 Å². The van der Waals surface area contributed by atoms with E-state index < -0.39 is 0 Å². The molecule has 4 N–H and O–H groups in total. The van der Waals surface area contributed by atoms with Gasteiger partial charge in [0.15, 0.2) is 0 Å². The number of nitrogens with two attached hydrogens (primary N) is 1. The van der Waals surface area contributed by atoms with Crippen LogP contribution in [-0.2, 0) is 0 Å². The molecule has 4 heteroatoms. The third kappa shape index (κ3) is 2.84. The van der Waals surface area contributed by atoms with E-state index in [9.17, 15) is 4.79 Å². The van der Waals surface area contributed by atoms with Gasteiger partial charge in [-0.3, -0.25) is 4.79 Å². The predicted octanol–water partition coefficient (Wildman–Crippen LogP) is 2.60. The van der Waals surface area contributed by atoms with Crippen molar-refractivity contribution < 1.29 is 4.79 Å². The van der Waals surface area contributed by atoms with Gasteiger partial charge < -0.3 is 16.4 Å². The summed E-state index contributed by atoms with van der Waals surface area (Å²) in [4.78, 5) is 11.9. The van der Waals surface area contributed by atoms with Gasteiger partial charge in [-0.25, -0.2) is 0 Å². The number of nitrogen functional groups attached to an aromatic ring is 1. The lowest BCUT2D eigenvalue weighted by molar-refractivity contribution is 0.0964. The SMILES string of the molecule is CNC(=O)c1ccc(N)cc1NC1CC1c1ccccc1. The van der Waals surface area contributed by atoms with Crippen molar-refractivity contribution in [1.82, 2.24) is 5.32 Å². The molecule has 0 aromatic heterocycles. The Kier molecular flexibility index (Phi) is 3.52. The Morgan fingerprint density at radius 3 is 2.67 bits per heavy atom. The fourth-order valence-corrected chi connectivity index (χ4v) is 2.64. The summed E-state index contributed by atoms with van der Waals surface area (Å²) in [6.45, 7) is 0. The highest BCUT2D eigenvalue weighted by Gasteiger charge is 2.38. The minimum Gasteiger partial charge on any atom is -0.399 e. The first kappa shape index (κ1) is 13.5. The third-order valence-corrected chi connectivity index (χ3v) is 3.87. The van der Waals surface area contributed by atoms with Crippen molar-refractivity contribution in [2.75, 3.05) is 18.1 Å². The maximum Gasteiger partial charge on any atom is 0.253 e. The molecule has 2 unspecified atom stereocenters. The van der Waals surface area contributed by atoms with Gasteiger partial charge in [0.1, 0.15) is 0 Å². The second-order valence-corrected chi connectivity index (χ2v) is 5.39. The molecule has 1 aliphatic carbocycles. The van der Waals surface area contributed by atoms with E-state index in [2.05, 4.69) is 34.9 Å². The summed E-state index contributed by atoms with van der Waals surface area (Å²) in [7, 11) is 1.63. The number of rotatable bonds is 4. The van der Waals surface area contributed by atoms with Gasteiger partial charge >= 0.3 is 0 Å². The van der Waals surface area contributed by atoms with Crippen LogP contribution in [0.1, 0.15) is 28.3 Å². The van der Waals surface area contributed by atoms with Crippen molar-refractivity contribution in [3.63, 3.8) is 0 Å². The molecule has 108 valence electrons. The van der Waals surface area contributed by atoms with Gasteiger partial charge in [0.05, 0.1) is 5.56 Å². The summed E-state index contributed by atoms with van der Waals surface area (Å²) in [5.41, 5.74) is 9.26. The Morgan fingerprint density at radius 2 is 1.95 bits per heavy atom. The Hall–Kier alpha value is -2.49. The maximum absolute atomic E-state index is 11.9. The quantitative estimate of drug-likeness (QED) is 0.755. The molecule has 1 amide bonds. The molecule has 1 aliphatic rings. The van der Waals surface area contributed by atoms with Crippen LogP contribution in [0.5, 0.6) is 0 Å². The van der Waals surface area contributed by atoms with Crippen LogP contribution in [0.3, 0.4) is 0 Å². The van der Waals surface area contributed by atoms with E-state index in [0.717, 1.165) is 12.1 Å². The zero-order valence-electron chi connectivity index (χ0n) is 12.0. The van der Waals surface area contributed by atoms with Crippen molar-refractivity contribution in [3.8, 4) is 0 Å². The van der Waals surface area contributed by atoms with Crippen LogP contribution in [0, 0.1) is 0 Å². The largest absolute Gasteiger partial charge is 0.399 e. The van der Waals surface area contributed by atoms with E-state index >= 15 is 0 Å². The van der Waals surface area contributed by atoms with Crippen LogP contribution in [0.25, 0.3) is 0 Å². The fourth-order valence-electron chi connectivity index (χ4n) is 2.64. The zero-order chi connectivity index (χ0) is 14.8. The van der Waals surface area contributed by atoms with Crippen molar-refractivity contribution >= 4 is 17.3 Å². The normalized spacial score (nSPS) is 19.9. The Balaban J connectivity index is 1.77. The van der Waals surface area contributed by atoms with Gasteiger partial charge in [0.2, 0.25) is 0 Å². The van der Waals surface area contributed by atoms with Gasteiger partial charge in [-0.05, 0) is 30.2 Å². The number of hydrogen-bond donors (Lipinski definition) is 3. The van der Waals surface area contributed by atoms with Crippen molar-refractivity contribution in [1.29, 1.82) is 0 Å². The molecule has 0 heterocycles. The van der Waals surface area contributed by atoms with E-state index in [0.29, 0.717) is 23.2 Å². The lowest BCUT2D eigenvalue weighted by Gasteiger charge is -2.12. The second-order valence-electron chi connectivity index (χ2n) is 5.39. The second kappa shape index (κ2) is 5.48. The Bertz CT molecular complexity index is 654. The highest BCUT2D eigenvalue weighted by Crippen LogP contribution is 2.43. The number of hydrogen-bond acceptors (Lipinski definition) is 3. The first-order chi connectivity index (χ1) is 10.2. The van der Waals surface area contributed by atoms with E-state index in [1.54, 1.807) is 19.2 Å². The third-order valence-electron chi connectivity index (χ3n) is 3.87. The lowest BCUT2D eigenvalue weighted by Crippen LogP contribution is -2.20. The molecular formula is C17H19N3O. The smallest absolute Gasteiger partial charge is 0.253 e. The molecule has 0 aliphatic heterocycles. The molecule has 2 aromatic carbocycles. The van der Waals surface area contributed by atoms with Crippen LogP contribution in [0.2, 0.25) is 0 Å². The topological polar surface area (TPSA) is 67.2 Å². The van der Waals surface area contributed by atoms with Crippen LogP contribution in [0.4, 0.5) is 11.4 Å². The molecule has 0 bridgehead atoms. The number of carbonyl (C=O) groups excluding carboxylic acids is 1. The molecule has 4 nitrogen and oxygen atoms in total. The molecule has 0 saturated heterocycles. The van der Waals surface area contributed by atoms with E-state index in [1.165, 1.54) is 5.56 Å². The van der Waals surface area contributed by atoms with E-state index in [4.69, 9.17) is 5.73 Å². The highest BCUT2D eigenvalue weighted by molar-refractivity contribution is 6.00. The molecule has 3 rings (SSSR count). The predicted molar refractivity (Wildman–Crippen MR) is 85.5 cm³/mol. The number of benzene rings is 2. The maximum atomic E-state index is 11.9. The standard InChI is InChI=1S/C17H19N3O/c1-19-17(21)13-8-7-12(18)9-15(13)20-16-10-14(16)11-5-3-2-4-6-11/h2-9,14,16,20H,10,18H2,1H3,(H,19,21). The fraction of sp³-hybridized carbons (Fsp3) is 0.235. The molecule has 0 spiro atoms. The molecule has 21 heavy (non-hydrogen) atoms. The van der Waals surface area contributed by atoms with Gasteiger partial charge in [0.25, 0.3) is 5.91 Å². The van der Waals surface area contributed by atoms with Crippen LogP contribution >= 0.6 is 0 Å². The number of anilines is 2. The summed E-state index contributed by atoms with van der Waals surface area (Å²) >= 11 is 0. The molecule has 0 radical (unpaired) electrons. The van der Waals surface area contributed by atoms with Gasteiger partial charge in [-0.1, -0.05) is 30.3 Å². The lowest BCUT2D eigenvalue weighted by atomic mass is 10.1. The summed E-state index contributed by atoms with van der Waals surface area (Å²) in [6.07, 6.45) is 1.08. The Labute approximate surface area is 124 Å².